The molecule has 56 heavy (non-hydrogen) atoms. The number of aliphatic imine (C=N–C) groups is 1. The molecule has 3 saturated heterocycles. The summed E-state index contributed by atoms with van der Waals surface area (Å²) in [4.78, 5) is 36.5. The van der Waals surface area contributed by atoms with Gasteiger partial charge in [-0.15, -0.1) is 0 Å². The number of amides is 1. The van der Waals surface area contributed by atoms with Crippen molar-refractivity contribution in [2.45, 2.75) is 217 Å². The monoisotopic (exact) mass is 785 g/mol. The molecule has 0 radical (unpaired) electrons. The van der Waals surface area contributed by atoms with E-state index in [0.717, 1.165) is 122 Å². The molecule has 7 atom stereocenters. The van der Waals surface area contributed by atoms with E-state index in [2.05, 4.69) is 36.2 Å². The zero-order valence-electron chi connectivity index (χ0n) is 35.5. The first-order valence-electron chi connectivity index (χ1n) is 23.4. The van der Waals surface area contributed by atoms with Crippen LogP contribution in [0.3, 0.4) is 0 Å². The first kappa shape index (κ1) is 44.9. The van der Waals surface area contributed by atoms with Crippen LogP contribution in [0.25, 0.3) is 0 Å². The average Bonchev–Trinajstić information content (AvgIpc) is 3.49. The van der Waals surface area contributed by atoms with Gasteiger partial charge in [-0.25, -0.2) is 4.99 Å². The fraction of sp³-hybridized carbons (Fsp3) is 0.889. The second-order valence-electron chi connectivity index (χ2n) is 17.7. The van der Waals surface area contributed by atoms with Gasteiger partial charge in [0.25, 0.3) is 0 Å². The van der Waals surface area contributed by atoms with Crippen molar-refractivity contribution in [1.29, 1.82) is 0 Å². The number of rotatable bonds is 25. The summed E-state index contributed by atoms with van der Waals surface area (Å²) in [5.41, 5.74) is 9.99. The van der Waals surface area contributed by atoms with E-state index in [1.807, 2.05) is 4.90 Å². The number of carbonyl (C=O) groups excluding carboxylic acids is 2. The maximum Gasteiger partial charge on any atom is 0.316 e. The number of nitrogens with zero attached hydrogens (tertiary/aromatic N) is 3. The molecule has 0 aliphatic carbocycles. The van der Waals surface area contributed by atoms with E-state index in [4.69, 9.17) is 30.7 Å². The van der Waals surface area contributed by atoms with Gasteiger partial charge in [0.2, 0.25) is 5.91 Å². The first-order valence-corrected chi connectivity index (χ1v) is 23.4. The van der Waals surface area contributed by atoms with Crippen molar-refractivity contribution in [1.82, 2.24) is 15.1 Å². The molecule has 11 heteroatoms. The van der Waals surface area contributed by atoms with Crippen LogP contribution in [-0.4, -0.2) is 96.2 Å². The van der Waals surface area contributed by atoms with Gasteiger partial charge in [-0.1, -0.05) is 89.7 Å². The van der Waals surface area contributed by atoms with Gasteiger partial charge >= 0.3 is 5.97 Å². The molecule has 0 saturated carbocycles. The van der Waals surface area contributed by atoms with Crippen LogP contribution < -0.4 is 16.8 Å². The summed E-state index contributed by atoms with van der Waals surface area (Å²) < 4.78 is 19.6. The van der Waals surface area contributed by atoms with Crippen molar-refractivity contribution < 1.29 is 23.8 Å². The highest BCUT2D eigenvalue weighted by Gasteiger charge is 2.62. The van der Waals surface area contributed by atoms with Crippen molar-refractivity contribution in [3.8, 4) is 0 Å². The predicted molar refractivity (Wildman–Crippen MR) is 225 cm³/mol. The summed E-state index contributed by atoms with van der Waals surface area (Å²) in [6.07, 6.45) is 32.2. The van der Waals surface area contributed by atoms with Crippen molar-refractivity contribution in [2.75, 3.05) is 32.8 Å². The Hall–Kier alpha value is -2.21. The van der Waals surface area contributed by atoms with Gasteiger partial charge in [-0.3, -0.25) is 9.59 Å². The molecule has 0 aromatic carbocycles. The second-order valence-corrected chi connectivity index (χ2v) is 17.7. The fourth-order valence-corrected chi connectivity index (χ4v) is 10.1. The van der Waals surface area contributed by atoms with E-state index in [1.54, 1.807) is 0 Å². The number of hydrogen-bond acceptors (Lipinski definition) is 10. The lowest BCUT2D eigenvalue weighted by Gasteiger charge is -2.55. The number of allylic oxidation sites excluding steroid dienone is 1. The summed E-state index contributed by atoms with van der Waals surface area (Å²) >= 11 is 0. The lowest BCUT2D eigenvalue weighted by Crippen LogP contribution is -2.71. The third-order valence-corrected chi connectivity index (χ3v) is 13.2. The Morgan fingerprint density at radius 2 is 1.55 bits per heavy atom. The van der Waals surface area contributed by atoms with Crippen LogP contribution in [0.4, 0.5) is 0 Å². The summed E-state index contributed by atoms with van der Waals surface area (Å²) in [5, 5.41) is 3.80. The number of nitrogens with one attached hydrogen (secondary N) is 1. The zero-order valence-corrected chi connectivity index (χ0v) is 35.5. The number of carbonyl (C=O) groups is 2. The summed E-state index contributed by atoms with van der Waals surface area (Å²) in [5.74, 6) is 0.626. The first-order chi connectivity index (χ1) is 27.3. The smallest absolute Gasteiger partial charge is 0.316 e. The van der Waals surface area contributed by atoms with Crippen LogP contribution in [0, 0.1) is 5.92 Å². The van der Waals surface area contributed by atoms with E-state index in [0.29, 0.717) is 32.2 Å². The topological polar surface area (TPSA) is 145 Å². The van der Waals surface area contributed by atoms with Crippen LogP contribution in [0.5, 0.6) is 0 Å². The second kappa shape index (κ2) is 23.4. The highest BCUT2D eigenvalue weighted by atomic mass is 16.6. The zero-order chi connectivity index (χ0) is 39.6. The molecular weight excluding hydrogens is 705 g/mol. The Morgan fingerprint density at radius 3 is 2.23 bits per heavy atom. The molecule has 11 nitrogen and oxygen atoms in total. The standard InChI is InChI=1S/C45H80N6O5/c1-3-38-24-16-17-28-44(56-38)35-37-26-27-39-41(45(29-21-23-36(2)55-45)49-43(48-44)51(37)39)42(53)54-34-20-14-12-10-8-6-4-5-7-9-11-13-15-25-40(52)50(33-22-31-47)32-19-18-30-46/h16,24,36-39,41H,3-15,17-23,25-35,46-47H2,1-2H3,(H,48,49)/t36-,37+,38+,39-,41?,44+,45-/m0/s1. The molecule has 2 spiro atoms. The lowest BCUT2D eigenvalue weighted by molar-refractivity contribution is -0.194. The number of nitrogens with two attached hydrogens (primary N) is 2. The maximum atomic E-state index is 14.0. The minimum absolute atomic E-state index is 0.0385. The predicted octanol–water partition coefficient (Wildman–Crippen LogP) is 7.85. The van der Waals surface area contributed by atoms with Crippen LogP contribution in [0.1, 0.15) is 181 Å². The lowest BCUT2D eigenvalue weighted by atomic mass is 9.80. The molecule has 0 aromatic rings. The van der Waals surface area contributed by atoms with Gasteiger partial charge in [-0.2, -0.15) is 0 Å². The molecule has 5 rings (SSSR count). The SMILES string of the molecule is CC[C@@H]1C=CCC[C@]2(C[C@H]3CC[C@H]4C(C(=O)OCCCCCCCCCCCCCCCC(=O)N(CCCN)CCCCN)[C@@]5(CCC[C@H](C)O5)N=C(N2)N34)O1. The molecular formula is C45H80N6O5. The number of guanidine groups is 1. The van der Waals surface area contributed by atoms with E-state index in [9.17, 15) is 9.59 Å². The van der Waals surface area contributed by atoms with E-state index < -0.39 is 17.4 Å². The normalized spacial score (nSPS) is 29.5. The third-order valence-electron chi connectivity index (χ3n) is 13.2. The van der Waals surface area contributed by atoms with Gasteiger partial charge in [0.05, 0.1) is 24.9 Å². The minimum Gasteiger partial charge on any atom is -0.465 e. The van der Waals surface area contributed by atoms with Gasteiger partial charge in [0.1, 0.15) is 11.6 Å². The largest absolute Gasteiger partial charge is 0.465 e. The highest BCUT2D eigenvalue weighted by molar-refractivity contribution is 5.87. The molecule has 0 aromatic heterocycles. The highest BCUT2D eigenvalue weighted by Crippen LogP contribution is 2.50. The maximum absolute atomic E-state index is 14.0. The van der Waals surface area contributed by atoms with Gasteiger partial charge in [0, 0.05) is 32.0 Å². The molecule has 320 valence electrons. The molecule has 1 amide bonds. The van der Waals surface area contributed by atoms with E-state index >= 15 is 0 Å². The Labute approximate surface area is 339 Å². The molecule has 0 bridgehead atoms. The summed E-state index contributed by atoms with van der Waals surface area (Å²) in [6, 6.07) is 0.342. The Morgan fingerprint density at radius 1 is 0.875 bits per heavy atom. The number of hydrogen-bond donors (Lipinski definition) is 3. The molecule has 3 fully saturated rings. The van der Waals surface area contributed by atoms with Crippen LogP contribution in [0.2, 0.25) is 0 Å². The minimum atomic E-state index is -0.878. The average molecular weight is 785 g/mol. The molecule has 5 aliphatic heterocycles. The van der Waals surface area contributed by atoms with Crippen molar-refractivity contribution in [3.63, 3.8) is 0 Å². The Bertz CT molecular complexity index is 1250. The van der Waals surface area contributed by atoms with E-state index in [-0.39, 0.29) is 30.1 Å². The quantitative estimate of drug-likeness (QED) is 0.0479. The number of ether oxygens (including phenoxy) is 3. The van der Waals surface area contributed by atoms with E-state index in [1.165, 1.54) is 57.8 Å². The van der Waals surface area contributed by atoms with Gasteiger partial charge in [0.15, 0.2) is 11.7 Å². The van der Waals surface area contributed by atoms with Crippen molar-refractivity contribution in [3.05, 3.63) is 12.2 Å². The molecule has 5 heterocycles. The molecule has 5 N–H and O–H groups in total. The van der Waals surface area contributed by atoms with Gasteiger partial charge in [-0.05, 0) is 103 Å². The fourth-order valence-electron chi connectivity index (χ4n) is 10.1. The van der Waals surface area contributed by atoms with Crippen LogP contribution in [-0.2, 0) is 23.8 Å². The van der Waals surface area contributed by atoms with Crippen LogP contribution in [0.15, 0.2) is 17.1 Å². The number of unbranched alkanes of at least 4 members (excludes halogenated alkanes) is 13. The Balaban J connectivity index is 0.945. The third kappa shape index (κ3) is 12.6. The van der Waals surface area contributed by atoms with Crippen molar-refractivity contribution >= 4 is 17.8 Å². The number of esters is 1. The van der Waals surface area contributed by atoms with Crippen LogP contribution >= 0.6 is 0 Å². The molecule has 1 unspecified atom stereocenters. The summed E-state index contributed by atoms with van der Waals surface area (Å²) in [7, 11) is 0. The molecule has 5 aliphatic rings. The van der Waals surface area contributed by atoms with Crippen molar-refractivity contribution in [2.24, 2.45) is 22.4 Å². The Kier molecular flexibility index (Phi) is 18.8. The summed E-state index contributed by atoms with van der Waals surface area (Å²) in [6.45, 7) is 7.68. The van der Waals surface area contributed by atoms with Gasteiger partial charge < -0.3 is 40.8 Å².